The van der Waals surface area contributed by atoms with Crippen molar-refractivity contribution in [1.29, 1.82) is 0 Å². The molecule has 2 amide bonds. The Morgan fingerprint density at radius 1 is 1.03 bits per heavy atom. The quantitative estimate of drug-likeness (QED) is 0.619. The fourth-order valence-corrected chi connectivity index (χ4v) is 6.16. The van der Waals surface area contributed by atoms with Crippen LogP contribution >= 0.6 is 0 Å². The van der Waals surface area contributed by atoms with Crippen molar-refractivity contribution < 1.29 is 13.7 Å². The Bertz CT molecular complexity index is 1130. The van der Waals surface area contributed by atoms with Crippen molar-refractivity contribution in [1.82, 2.24) is 5.32 Å². The van der Waals surface area contributed by atoms with E-state index in [4.69, 9.17) is 9.88 Å². The molecule has 4 N–H and O–H groups in total. The summed E-state index contributed by atoms with van der Waals surface area (Å²) in [7, 11) is -3.33. The monoisotopic (exact) mass is 468 g/mol. The first-order valence-corrected chi connectivity index (χ1v) is 13.5. The van der Waals surface area contributed by atoms with Gasteiger partial charge >= 0.3 is 6.03 Å². The lowest BCUT2D eigenvalue weighted by atomic mass is 9.99. The number of rotatable bonds is 5. The molecule has 33 heavy (non-hydrogen) atoms. The topological polar surface area (TPSA) is 106 Å². The van der Waals surface area contributed by atoms with Gasteiger partial charge in [0.15, 0.2) is 0 Å². The third-order valence-electron chi connectivity index (χ3n) is 7.00. The Morgan fingerprint density at radius 3 is 2.30 bits per heavy atom. The molecule has 0 spiro atoms. The molecule has 1 heterocycles. The summed E-state index contributed by atoms with van der Waals surface area (Å²) >= 11 is 0. The van der Waals surface area contributed by atoms with Crippen LogP contribution in [0, 0.1) is 0 Å². The van der Waals surface area contributed by atoms with Crippen LogP contribution in [-0.2, 0) is 46.9 Å². The highest BCUT2D eigenvalue weighted by Crippen LogP contribution is 2.38. The van der Waals surface area contributed by atoms with E-state index in [2.05, 4.69) is 21.1 Å². The maximum atomic E-state index is 13.1. The summed E-state index contributed by atoms with van der Waals surface area (Å²) in [6.45, 7) is 2.31. The molecular weight excluding hydrogens is 436 g/mol. The average molecular weight is 469 g/mol. The van der Waals surface area contributed by atoms with Crippen molar-refractivity contribution in [3.05, 3.63) is 58.1 Å². The van der Waals surface area contributed by atoms with E-state index in [-0.39, 0.29) is 0 Å². The lowest BCUT2D eigenvalue weighted by Gasteiger charge is -2.23. The summed E-state index contributed by atoms with van der Waals surface area (Å²) in [5.74, 6) is 0. The van der Waals surface area contributed by atoms with Crippen LogP contribution in [0.4, 0.5) is 10.5 Å². The van der Waals surface area contributed by atoms with Gasteiger partial charge in [0.05, 0.1) is 4.90 Å². The molecule has 0 aromatic heterocycles. The third-order valence-corrected chi connectivity index (χ3v) is 8.39. The van der Waals surface area contributed by atoms with Crippen molar-refractivity contribution in [3.8, 4) is 0 Å². The van der Waals surface area contributed by atoms with Crippen LogP contribution in [-0.4, -0.2) is 29.5 Å². The first-order valence-electron chi connectivity index (χ1n) is 11.9. The van der Waals surface area contributed by atoms with Gasteiger partial charge in [0.25, 0.3) is 0 Å². The Labute approximate surface area is 195 Å². The highest BCUT2D eigenvalue weighted by atomic mass is 32.2. The Balaban J connectivity index is 1.29. The molecule has 0 saturated carbocycles. The number of anilines is 1. The van der Waals surface area contributed by atoms with Crippen LogP contribution in [0.15, 0.2) is 39.6 Å². The molecule has 8 heteroatoms. The summed E-state index contributed by atoms with van der Waals surface area (Å²) in [6.07, 6.45) is 8.23. The first kappa shape index (κ1) is 22.5. The number of urea groups is 1. The molecule has 2 aromatic carbocycles. The van der Waals surface area contributed by atoms with E-state index < -0.39 is 15.9 Å². The van der Waals surface area contributed by atoms with Crippen LogP contribution in [0.3, 0.4) is 0 Å². The lowest BCUT2D eigenvalue weighted by molar-refractivity contribution is 0.0776. The van der Waals surface area contributed by atoms with Crippen LogP contribution in [0.5, 0.6) is 0 Å². The number of carbonyl (C=O) groups is 1. The Hall–Kier alpha value is -2.26. The van der Waals surface area contributed by atoms with Gasteiger partial charge in [-0.15, -0.1) is 4.36 Å². The van der Waals surface area contributed by atoms with Gasteiger partial charge in [-0.05, 0) is 91.3 Å². The van der Waals surface area contributed by atoms with Crippen LogP contribution in [0.1, 0.15) is 53.5 Å². The van der Waals surface area contributed by atoms with E-state index in [1.807, 2.05) is 12.1 Å². The molecule has 3 aliphatic rings. The number of nitrogens with zero attached hydrogens (tertiary/aromatic N) is 1. The Kier molecular flexibility index (Phi) is 6.51. The van der Waals surface area contributed by atoms with Crippen LogP contribution in [0.25, 0.3) is 0 Å². The van der Waals surface area contributed by atoms with Gasteiger partial charge in [-0.1, -0.05) is 18.2 Å². The van der Waals surface area contributed by atoms with Gasteiger partial charge in [-0.2, -0.15) is 0 Å². The normalized spacial score (nSPS) is 19.5. The van der Waals surface area contributed by atoms with Gasteiger partial charge in [-0.25, -0.2) is 14.1 Å². The molecule has 0 radical (unpaired) electrons. The van der Waals surface area contributed by atoms with E-state index >= 15 is 0 Å². The van der Waals surface area contributed by atoms with Crippen molar-refractivity contribution in [2.24, 2.45) is 9.50 Å². The molecule has 2 aromatic rings. The minimum Gasteiger partial charge on any atom is -0.381 e. The number of aryl methyl sites for hydroxylation is 2. The van der Waals surface area contributed by atoms with E-state index in [9.17, 15) is 9.00 Å². The molecule has 1 atom stereocenters. The number of hydrogen-bond donors (Lipinski definition) is 3. The molecule has 0 bridgehead atoms. The number of ether oxygens (including phenoxy) is 1. The number of amides is 2. The van der Waals surface area contributed by atoms with E-state index in [0.29, 0.717) is 10.9 Å². The number of nitrogens with two attached hydrogens (primary N) is 1. The van der Waals surface area contributed by atoms with Gasteiger partial charge < -0.3 is 15.4 Å². The number of fused-ring (bicyclic) bond motifs is 2. The fourth-order valence-electron chi connectivity index (χ4n) is 5.24. The van der Waals surface area contributed by atoms with Crippen molar-refractivity contribution in [2.75, 3.05) is 18.5 Å². The lowest BCUT2D eigenvalue weighted by Crippen LogP contribution is -2.34. The van der Waals surface area contributed by atoms with Crippen molar-refractivity contribution >= 4 is 21.6 Å². The van der Waals surface area contributed by atoms with Crippen molar-refractivity contribution in [2.45, 2.75) is 68.8 Å². The standard InChI is InChI=1S/C25H32N4O3S/c26-33(31,21-9-7-17(8-10-21)16-27-20-11-13-32-14-12-20)29-25(30)28-24-22-5-1-3-18(22)15-19-4-2-6-23(19)24/h7-10,15,20,27H,1-6,11-14,16H2,(H3,26,28,29,30,31). The molecule has 2 aliphatic carbocycles. The predicted octanol–water partition coefficient (Wildman–Crippen LogP) is 3.87. The SMILES string of the molecule is NS(=O)(=NC(=O)Nc1c2c(cc3c1CCC3)CCC2)c1ccc(CNC2CCOCC2)cc1. The molecule has 5 rings (SSSR count). The van der Waals surface area contributed by atoms with Crippen LogP contribution in [0.2, 0.25) is 0 Å². The van der Waals surface area contributed by atoms with E-state index in [1.54, 1.807) is 12.1 Å². The zero-order valence-electron chi connectivity index (χ0n) is 18.9. The largest absolute Gasteiger partial charge is 0.381 e. The number of nitrogens with one attached hydrogen (secondary N) is 2. The second-order valence-electron chi connectivity index (χ2n) is 9.24. The number of carbonyl (C=O) groups excluding carboxylic acids is 1. The third kappa shape index (κ3) is 4.99. The summed E-state index contributed by atoms with van der Waals surface area (Å²) < 4.78 is 22.4. The number of benzene rings is 2. The van der Waals surface area contributed by atoms with Crippen LogP contribution < -0.4 is 15.8 Å². The molecule has 1 unspecified atom stereocenters. The Morgan fingerprint density at radius 2 is 1.67 bits per heavy atom. The molecular formula is C25H32N4O3S. The molecule has 7 nitrogen and oxygen atoms in total. The van der Waals surface area contributed by atoms with Gasteiger partial charge in [0.1, 0.15) is 9.92 Å². The molecule has 176 valence electrons. The zero-order valence-corrected chi connectivity index (χ0v) is 19.7. The van der Waals surface area contributed by atoms with Gasteiger partial charge in [-0.3, -0.25) is 0 Å². The smallest absolute Gasteiger partial charge is 0.354 e. The van der Waals surface area contributed by atoms with E-state index in [1.165, 1.54) is 22.3 Å². The highest BCUT2D eigenvalue weighted by molar-refractivity contribution is 7.91. The van der Waals surface area contributed by atoms with E-state index in [0.717, 1.165) is 82.4 Å². The maximum Gasteiger partial charge on any atom is 0.354 e. The zero-order chi connectivity index (χ0) is 22.8. The fraction of sp³-hybridized carbons (Fsp3) is 0.480. The second kappa shape index (κ2) is 9.54. The summed E-state index contributed by atoms with van der Waals surface area (Å²) in [6, 6.07) is 9.31. The van der Waals surface area contributed by atoms with Gasteiger partial charge in [0, 0.05) is 31.5 Å². The molecule has 1 fully saturated rings. The first-order chi connectivity index (χ1) is 16.0. The minimum atomic E-state index is -3.33. The van der Waals surface area contributed by atoms with Gasteiger partial charge in [0.2, 0.25) is 0 Å². The summed E-state index contributed by atoms with van der Waals surface area (Å²) in [5, 5.41) is 12.5. The predicted molar refractivity (Wildman–Crippen MR) is 130 cm³/mol. The number of hydrogen-bond acceptors (Lipinski definition) is 4. The second-order valence-corrected chi connectivity index (χ2v) is 11.0. The maximum absolute atomic E-state index is 13.1. The highest BCUT2D eigenvalue weighted by Gasteiger charge is 2.25. The minimum absolute atomic E-state index is 0.357. The average Bonchev–Trinajstić information content (AvgIpc) is 3.48. The van der Waals surface area contributed by atoms with Crippen molar-refractivity contribution in [3.63, 3.8) is 0 Å². The summed E-state index contributed by atoms with van der Waals surface area (Å²) in [4.78, 5) is 13.1. The molecule has 1 aliphatic heterocycles. The summed E-state index contributed by atoms with van der Waals surface area (Å²) in [5.41, 5.74) is 7.03. The molecule has 1 saturated heterocycles.